The van der Waals surface area contributed by atoms with Crippen LogP contribution in [0, 0.1) is 5.41 Å². The van der Waals surface area contributed by atoms with Gasteiger partial charge in [-0.3, -0.25) is 9.59 Å². The Hall–Kier alpha value is -2.14. The molecule has 1 saturated carbocycles. The molecule has 0 unspecified atom stereocenters. The van der Waals surface area contributed by atoms with E-state index in [0.29, 0.717) is 24.2 Å². The van der Waals surface area contributed by atoms with Gasteiger partial charge in [0.1, 0.15) is 5.41 Å². The largest absolute Gasteiger partial charge is 0.325 e. The Labute approximate surface area is 137 Å². The topological polar surface area (TPSA) is 58.2 Å². The molecule has 112 valence electrons. The standard InChI is InChI=1S/C17H15BrN2O2/c18-12-5-4-8-14(11-12)20-16(22)17(9-10-17)15(21)19-13-6-2-1-3-7-13/h1-8,11H,9-10H2,(H,19,21)(H,20,22). The molecule has 2 aromatic carbocycles. The van der Waals surface area contributed by atoms with Gasteiger partial charge in [-0.15, -0.1) is 0 Å². The first-order valence-electron chi connectivity index (χ1n) is 7.04. The summed E-state index contributed by atoms with van der Waals surface area (Å²) in [6.07, 6.45) is 1.15. The maximum atomic E-state index is 12.5. The number of nitrogens with one attached hydrogen (secondary N) is 2. The number of benzene rings is 2. The minimum atomic E-state index is -0.946. The molecule has 3 rings (SSSR count). The molecule has 4 nitrogen and oxygen atoms in total. The van der Waals surface area contributed by atoms with Gasteiger partial charge in [-0.05, 0) is 43.2 Å². The predicted molar refractivity (Wildman–Crippen MR) is 89.5 cm³/mol. The third-order valence-corrected chi connectivity index (χ3v) is 4.23. The van der Waals surface area contributed by atoms with Crippen LogP contribution in [-0.2, 0) is 9.59 Å². The van der Waals surface area contributed by atoms with E-state index in [1.54, 1.807) is 18.2 Å². The summed E-state index contributed by atoms with van der Waals surface area (Å²) < 4.78 is 0.879. The molecule has 0 atom stereocenters. The minimum Gasteiger partial charge on any atom is -0.325 e. The van der Waals surface area contributed by atoms with Crippen molar-refractivity contribution in [3.63, 3.8) is 0 Å². The van der Waals surface area contributed by atoms with Crippen LogP contribution in [0.15, 0.2) is 59.1 Å². The van der Waals surface area contributed by atoms with Crippen LogP contribution < -0.4 is 10.6 Å². The highest BCUT2D eigenvalue weighted by Crippen LogP contribution is 2.47. The second-order valence-corrected chi connectivity index (χ2v) is 6.28. The Morgan fingerprint density at radius 2 is 1.45 bits per heavy atom. The van der Waals surface area contributed by atoms with E-state index in [1.807, 2.05) is 36.4 Å². The molecule has 0 bridgehead atoms. The molecule has 1 fully saturated rings. The van der Waals surface area contributed by atoms with Crippen molar-refractivity contribution >= 4 is 39.1 Å². The summed E-state index contributed by atoms with van der Waals surface area (Å²) in [6.45, 7) is 0. The van der Waals surface area contributed by atoms with Gasteiger partial charge in [-0.1, -0.05) is 40.2 Å². The predicted octanol–water partition coefficient (Wildman–Crippen LogP) is 3.81. The van der Waals surface area contributed by atoms with Gasteiger partial charge in [0.25, 0.3) is 0 Å². The minimum absolute atomic E-state index is 0.244. The van der Waals surface area contributed by atoms with E-state index in [1.165, 1.54) is 0 Å². The van der Waals surface area contributed by atoms with Gasteiger partial charge >= 0.3 is 0 Å². The van der Waals surface area contributed by atoms with E-state index in [4.69, 9.17) is 0 Å². The highest BCUT2D eigenvalue weighted by atomic mass is 79.9. The van der Waals surface area contributed by atoms with Crippen LogP contribution in [0.4, 0.5) is 11.4 Å². The maximum absolute atomic E-state index is 12.5. The van der Waals surface area contributed by atoms with Gasteiger partial charge in [-0.2, -0.15) is 0 Å². The first-order valence-corrected chi connectivity index (χ1v) is 7.83. The van der Waals surface area contributed by atoms with E-state index < -0.39 is 5.41 Å². The molecule has 2 N–H and O–H groups in total. The average molecular weight is 359 g/mol. The molecule has 1 aliphatic carbocycles. The second-order valence-electron chi connectivity index (χ2n) is 5.37. The summed E-state index contributed by atoms with van der Waals surface area (Å²) in [5.41, 5.74) is 0.435. The summed E-state index contributed by atoms with van der Waals surface area (Å²) in [6, 6.07) is 16.5. The van der Waals surface area contributed by atoms with Crippen molar-refractivity contribution in [2.75, 3.05) is 10.6 Å². The highest BCUT2D eigenvalue weighted by Gasteiger charge is 2.56. The molecule has 1 aliphatic rings. The Morgan fingerprint density at radius 3 is 2.05 bits per heavy atom. The molecule has 2 aromatic rings. The van der Waals surface area contributed by atoms with Gasteiger partial charge in [0.15, 0.2) is 0 Å². The smallest absolute Gasteiger partial charge is 0.240 e. The highest BCUT2D eigenvalue weighted by molar-refractivity contribution is 9.10. The lowest BCUT2D eigenvalue weighted by molar-refractivity contribution is -0.131. The number of rotatable bonds is 4. The number of halogens is 1. The number of anilines is 2. The number of hydrogen-bond acceptors (Lipinski definition) is 2. The Balaban J connectivity index is 1.70. The van der Waals surface area contributed by atoms with E-state index in [-0.39, 0.29) is 11.8 Å². The van der Waals surface area contributed by atoms with Crippen molar-refractivity contribution in [1.29, 1.82) is 0 Å². The van der Waals surface area contributed by atoms with Crippen molar-refractivity contribution in [2.24, 2.45) is 5.41 Å². The summed E-state index contributed by atoms with van der Waals surface area (Å²) in [5.74, 6) is -0.495. The van der Waals surface area contributed by atoms with Crippen LogP contribution in [0.2, 0.25) is 0 Å². The van der Waals surface area contributed by atoms with Crippen molar-refractivity contribution < 1.29 is 9.59 Å². The average Bonchev–Trinajstić information content (AvgIpc) is 3.30. The van der Waals surface area contributed by atoms with Crippen molar-refractivity contribution in [3.8, 4) is 0 Å². The summed E-state index contributed by atoms with van der Waals surface area (Å²) in [7, 11) is 0. The number of amides is 2. The fraction of sp³-hybridized carbons (Fsp3) is 0.176. The van der Waals surface area contributed by atoms with Crippen LogP contribution in [-0.4, -0.2) is 11.8 Å². The number of carbonyl (C=O) groups excluding carboxylic acids is 2. The Morgan fingerprint density at radius 1 is 0.864 bits per heavy atom. The molecular formula is C17H15BrN2O2. The van der Waals surface area contributed by atoms with E-state index >= 15 is 0 Å². The third-order valence-electron chi connectivity index (χ3n) is 3.73. The molecule has 0 saturated heterocycles. The number of hydrogen-bond donors (Lipinski definition) is 2. The van der Waals surface area contributed by atoms with Gasteiger partial charge < -0.3 is 10.6 Å². The Kier molecular flexibility index (Phi) is 3.98. The monoisotopic (exact) mass is 358 g/mol. The molecule has 0 aromatic heterocycles. The molecule has 2 amide bonds. The summed E-state index contributed by atoms with van der Waals surface area (Å²) in [5, 5.41) is 5.64. The van der Waals surface area contributed by atoms with Crippen LogP contribution in [0.1, 0.15) is 12.8 Å². The van der Waals surface area contributed by atoms with Crippen molar-refractivity contribution in [2.45, 2.75) is 12.8 Å². The zero-order chi connectivity index (χ0) is 15.6. The van der Waals surface area contributed by atoms with Crippen molar-refractivity contribution in [1.82, 2.24) is 0 Å². The fourth-order valence-electron chi connectivity index (χ4n) is 2.27. The first-order chi connectivity index (χ1) is 10.6. The zero-order valence-corrected chi connectivity index (χ0v) is 13.4. The van der Waals surface area contributed by atoms with E-state index in [9.17, 15) is 9.59 Å². The number of carbonyl (C=O) groups is 2. The van der Waals surface area contributed by atoms with Gasteiger partial charge in [0, 0.05) is 15.8 Å². The van der Waals surface area contributed by atoms with Crippen molar-refractivity contribution in [3.05, 3.63) is 59.1 Å². The summed E-state index contributed by atoms with van der Waals surface area (Å²) in [4.78, 5) is 24.9. The lowest BCUT2D eigenvalue weighted by atomic mass is 10.0. The molecule has 0 radical (unpaired) electrons. The van der Waals surface area contributed by atoms with Crippen LogP contribution in [0.5, 0.6) is 0 Å². The molecular weight excluding hydrogens is 344 g/mol. The lowest BCUT2D eigenvalue weighted by Gasteiger charge is -2.15. The van der Waals surface area contributed by atoms with Crippen LogP contribution in [0.3, 0.4) is 0 Å². The molecule has 0 aliphatic heterocycles. The van der Waals surface area contributed by atoms with E-state index in [0.717, 1.165) is 4.47 Å². The Bertz CT molecular complexity index is 712. The van der Waals surface area contributed by atoms with Gasteiger partial charge in [-0.25, -0.2) is 0 Å². The first kappa shape index (κ1) is 14.8. The van der Waals surface area contributed by atoms with Gasteiger partial charge in [0.05, 0.1) is 0 Å². The second kappa shape index (κ2) is 5.93. The molecule has 22 heavy (non-hydrogen) atoms. The molecule has 5 heteroatoms. The quantitative estimate of drug-likeness (QED) is 0.816. The normalized spacial score (nSPS) is 15.0. The summed E-state index contributed by atoms with van der Waals surface area (Å²) >= 11 is 3.36. The zero-order valence-electron chi connectivity index (χ0n) is 11.8. The van der Waals surface area contributed by atoms with Crippen LogP contribution in [0.25, 0.3) is 0 Å². The maximum Gasteiger partial charge on any atom is 0.240 e. The third kappa shape index (κ3) is 3.04. The number of para-hydroxylation sites is 1. The van der Waals surface area contributed by atoms with E-state index in [2.05, 4.69) is 26.6 Å². The molecule has 0 spiro atoms. The molecule has 0 heterocycles. The van der Waals surface area contributed by atoms with Gasteiger partial charge in [0.2, 0.25) is 11.8 Å². The lowest BCUT2D eigenvalue weighted by Crippen LogP contribution is -2.35. The SMILES string of the molecule is O=C(Nc1ccccc1)C1(C(=O)Nc2cccc(Br)c2)CC1. The van der Waals surface area contributed by atoms with Crippen LogP contribution >= 0.6 is 15.9 Å². The fourth-order valence-corrected chi connectivity index (χ4v) is 2.67.